The average Bonchev–Trinajstić information content (AvgIpc) is 3.38. The first-order chi connectivity index (χ1) is 36.2. The fourth-order valence-electron chi connectivity index (χ4n) is 8.74. The zero-order valence-electron chi connectivity index (χ0n) is 46.1. The second-order valence-electron chi connectivity index (χ2n) is 21.0. The molecule has 448 valence electrons. The molecule has 25 nitrogen and oxygen atoms in total. The summed E-state index contributed by atoms with van der Waals surface area (Å²) < 4.78 is 57.6. The van der Waals surface area contributed by atoms with Crippen molar-refractivity contribution in [3.8, 4) is 0 Å². The van der Waals surface area contributed by atoms with Crippen molar-refractivity contribution >= 4 is 29.8 Å². The molecule has 3 saturated heterocycles. The Kier molecular flexibility index (Phi) is 29.0. The molecule has 3 aliphatic rings. The van der Waals surface area contributed by atoms with Crippen molar-refractivity contribution in [3.63, 3.8) is 0 Å². The monoisotopic (exact) mass is 1110 g/mol. The molecule has 0 aromatic rings. The van der Waals surface area contributed by atoms with Crippen LogP contribution in [-0.4, -0.2) is 217 Å². The Morgan fingerprint density at radius 3 is 1.44 bits per heavy atom. The fourth-order valence-corrected chi connectivity index (χ4v) is 8.74. The van der Waals surface area contributed by atoms with Crippen molar-refractivity contribution in [3.05, 3.63) is 0 Å². The predicted octanol–water partition coefficient (Wildman–Crippen LogP) is 0.514. The van der Waals surface area contributed by atoms with Gasteiger partial charge in [-0.25, -0.2) is 0 Å². The van der Waals surface area contributed by atoms with E-state index in [-0.39, 0.29) is 6.42 Å². The molecule has 3 rings (SSSR count). The van der Waals surface area contributed by atoms with E-state index in [2.05, 4.69) is 0 Å². The Labute approximate surface area is 450 Å². The number of unbranched alkanes of at least 4 members (excludes halogenated alkanes) is 6. The zero-order valence-corrected chi connectivity index (χ0v) is 46.1. The van der Waals surface area contributed by atoms with Crippen LogP contribution in [0.2, 0.25) is 0 Å². The van der Waals surface area contributed by atoms with Gasteiger partial charge in [0.25, 0.3) is 0 Å². The van der Waals surface area contributed by atoms with Gasteiger partial charge in [-0.3, -0.25) is 24.0 Å². The maximum Gasteiger partial charge on any atom is 0.312 e. The highest BCUT2D eigenvalue weighted by molar-refractivity contribution is 5.78. The van der Waals surface area contributed by atoms with E-state index < -0.39 is 189 Å². The van der Waals surface area contributed by atoms with E-state index in [1.807, 2.05) is 6.92 Å². The minimum absolute atomic E-state index is 0.141. The van der Waals surface area contributed by atoms with Crippen LogP contribution in [0.5, 0.6) is 0 Å². The topological polar surface area (TPSA) is 380 Å². The van der Waals surface area contributed by atoms with E-state index in [0.717, 1.165) is 38.5 Å². The van der Waals surface area contributed by atoms with Gasteiger partial charge in [0.05, 0.1) is 55.2 Å². The van der Waals surface area contributed by atoms with Gasteiger partial charge in [-0.15, -0.1) is 0 Å². The molecule has 0 aromatic carbocycles. The molecule has 24 atom stereocenters. The largest absolute Gasteiger partial charge is 0.481 e. The van der Waals surface area contributed by atoms with Gasteiger partial charge in [-0.1, -0.05) is 51.9 Å². The number of carbonyl (C=O) groups excluding carboxylic acids is 4. The number of aliphatic hydroxyl groups excluding tert-OH is 9. The van der Waals surface area contributed by atoms with E-state index >= 15 is 0 Å². The number of carboxylic acid groups (broad SMARTS) is 1. The van der Waals surface area contributed by atoms with Crippen LogP contribution in [-0.2, 0) is 71.3 Å². The van der Waals surface area contributed by atoms with Crippen molar-refractivity contribution in [2.24, 2.45) is 23.7 Å². The Hall–Kier alpha value is -3.25. The number of carboxylic acids is 1. The van der Waals surface area contributed by atoms with Crippen molar-refractivity contribution < 1.29 is 122 Å². The number of rotatable bonds is 32. The number of hydrogen-bond acceptors (Lipinski definition) is 24. The molecule has 3 fully saturated rings. The van der Waals surface area contributed by atoms with Crippen LogP contribution in [0.1, 0.15) is 140 Å². The molecular weight excluding hydrogens is 1020 g/mol. The molecular formula is C52H90O25. The van der Waals surface area contributed by atoms with Gasteiger partial charge < -0.3 is 98.4 Å². The molecule has 0 saturated carbocycles. The highest BCUT2D eigenvalue weighted by Gasteiger charge is 2.54. The summed E-state index contributed by atoms with van der Waals surface area (Å²) in [5.74, 6) is -8.05. The molecule has 0 amide bonds. The lowest BCUT2D eigenvalue weighted by molar-refractivity contribution is -0.387. The van der Waals surface area contributed by atoms with Gasteiger partial charge in [-0.2, -0.15) is 0 Å². The smallest absolute Gasteiger partial charge is 0.312 e. The summed E-state index contributed by atoms with van der Waals surface area (Å²) in [6.07, 6.45) is -22.0. The highest BCUT2D eigenvalue weighted by atomic mass is 16.8. The number of esters is 4. The van der Waals surface area contributed by atoms with Crippen LogP contribution in [0.25, 0.3) is 0 Å². The molecule has 3 heterocycles. The molecule has 25 heteroatoms. The van der Waals surface area contributed by atoms with Gasteiger partial charge in [-0.05, 0) is 81.6 Å². The number of hydrogen-bond donors (Lipinski definition) is 10. The Morgan fingerprint density at radius 1 is 0.494 bits per heavy atom. The van der Waals surface area contributed by atoms with Gasteiger partial charge >= 0.3 is 29.8 Å². The Balaban J connectivity index is 1.63. The van der Waals surface area contributed by atoms with E-state index in [1.165, 1.54) is 62.3 Å². The number of aliphatic carboxylic acids is 1. The number of carbonyl (C=O) groups is 5. The van der Waals surface area contributed by atoms with E-state index in [1.54, 1.807) is 0 Å². The molecule has 0 bridgehead atoms. The first-order valence-corrected chi connectivity index (χ1v) is 27.1. The normalized spacial score (nSPS) is 33.3. The maximum absolute atomic E-state index is 13.4. The quantitative estimate of drug-likeness (QED) is 0.0249. The van der Waals surface area contributed by atoms with E-state index in [9.17, 15) is 69.9 Å². The van der Waals surface area contributed by atoms with Crippen molar-refractivity contribution in [1.82, 2.24) is 0 Å². The standard InChI is InChI=1S/C52H90O25/c1-11-19-33(20-17-15-13-12-14-16-18-21-36(56)57)72-52-45(39(60)37(58)34(22-53)74-52)77-51-42(63)44(38(59)35(23-54)73-51)76-50-41(62)40(61)43(32(10)71-50)75-49(67)27(5)31(9)70-48(66)26(4)30(8)69-47(65)25(3)29(7)68-46(64)24(2)28(6)55/h24-35,37-45,50-55,58-63H,11-23H2,1-10H3,(H,56,57). The second kappa shape index (κ2) is 32.9. The first kappa shape index (κ1) is 68.0. The molecule has 24 unspecified atom stereocenters. The van der Waals surface area contributed by atoms with Crippen molar-refractivity contribution in [2.45, 2.75) is 263 Å². The summed E-state index contributed by atoms with van der Waals surface area (Å²) in [5, 5.41) is 106. The Morgan fingerprint density at radius 2 is 0.935 bits per heavy atom. The zero-order chi connectivity index (χ0) is 58.0. The minimum Gasteiger partial charge on any atom is -0.481 e. The summed E-state index contributed by atoms with van der Waals surface area (Å²) >= 11 is 0. The van der Waals surface area contributed by atoms with Crippen LogP contribution in [0.3, 0.4) is 0 Å². The van der Waals surface area contributed by atoms with Crippen LogP contribution in [0.15, 0.2) is 0 Å². The van der Waals surface area contributed by atoms with Crippen LogP contribution in [0.4, 0.5) is 0 Å². The molecule has 3 aliphatic heterocycles. The predicted molar refractivity (Wildman–Crippen MR) is 265 cm³/mol. The first-order valence-electron chi connectivity index (χ1n) is 27.1. The van der Waals surface area contributed by atoms with Crippen LogP contribution in [0, 0.1) is 23.7 Å². The lowest BCUT2D eigenvalue weighted by atomic mass is 9.96. The van der Waals surface area contributed by atoms with E-state index in [0.29, 0.717) is 25.7 Å². The van der Waals surface area contributed by atoms with Gasteiger partial charge in [0.1, 0.15) is 79.4 Å². The van der Waals surface area contributed by atoms with Gasteiger partial charge in [0.2, 0.25) is 0 Å². The van der Waals surface area contributed by atoms with Crippen LogP contribution < -0.4 is 0 Å². The third kappa shape index (κ3) is 19.8. The minimum atomic E-state index is -2.00. The van der Waals surface area contributed by atoms with Gasteiger partial charge in [0.15, 0.2) is 25.0 Å². The molecule has 0 aromatic heterocycles. The molecule has 0 radical (unpaired) electrons. The Bertz CT molecular complexity index is 1790. The molecule has 0 aliphatic carbocycles. The molecule has 77 heavy (non-hydrogen) atoms. The molecule has 10 N–H and O–H groups in total. The summed E-state index contributed by atoms with van der Waals surface area (Å²) in [6.45, 7) is 13.3. The summed E-state index contributed by atoms with van der Waals surface area (Å²) in [5.41, 5.74) is 0. The lowest BCUT2D eigenvalue weighted by Gasteiger charge is -2.48. The second-order valence-corrected chi connectivity index (χ2v) is 21.0. The third-order valence-electron chi connectivity index (χ3n) is 14.8. The van der Waals surface area contributed by atoms with Crippen molar-refractivity contribution in [2.75, 3.05) is 13.2 Å². The maximum atomic E-state index is 13.4. The number of aliphatic hydroxyl groups is 9. The summed E-state index contributed by atoms with van der Waals surface area (Å²) in [4.78, 5) is 62.5. The fraction of sp³-hybridized carbons (Fsp3) is 0.904. The lowest BCUT2D eigenvalue weighted by Crippen LogP contribution is -2.66. The average molecular weight is 1120 g/mol. The van der Waals surface area contributed by atoms with Crippen LogP contribution >= 0.6 is 0 Å². The molecule has 0 spiro atoms. The summed E-state index contributed by atoms with van der Waals surface area (Å²) in [7, 11) is 0. The van der Waals surface area contributed by atoms with Crippen molar-refractivity contribution in [1.29, 1.82) is 0 Å². The summed E-state index contributed by atoms with van der Waals surface area (Å²) in [6, 6.07) is 0. The van der Waals surface area contributed by atoms with E-state index in [4.69, 9.17) is 52.5 Å². The van der Waals surface area contributed by atoms with Gasteiger partial charge in [0, 0.05) is 6.42 Å². The highest BCUT2D eigenvalue weighted by Crippen LogP contribution is 2.35. The SMILES string of the molecule is CCCC(CCCCCCCCCC(=O)O)OC1OC(CO)C(O)C(O)C1OC1OC(CO)C(O)C(OC2OC(C)C(OC(=O)C(C)C(C)OC(=O)C(C)C(C)OC(=O)C(C)C(C)OC(=O)C(C)C(C)O)C(O)C2O)C1O. The third-order valence-corrected chi connectivity index (χ3v) is 14.8. The number of ether oxygens (including phenoxy) is 10.